The third-order valence-corrected chi connectivity index (χ3v) is 7.59. The molecule has 0 saturated carbocycles. The van der Waals surface area contributed by atoms with Gasteiger partial charge in [0.25, 0.3) is 0 Å². The van der Waals surface area contributed by atoms with Gasteiger partial charge in [-0.1, -0.05) is 11.8 Å². The van der Waals surface area contributed by atoms with Crippen LogP contribution in [0.4, 0.5) is 5.69 Å². The lowest BCUT2D eigenvalue weighted by Gasteiger charge is -2.24. The van der Waals surface area contributed by atoms with Gasteiger partial charge in [0.2, 0.25) is 11.8 Å². The van der Waals surface area contributed by atoms with Gasteiger partial charge in [-0.05, 0) is 56.5 Å². The molecular weight excluding hydrogens is 432 g/mol. The van der Waals surface area contributed by atoms with Gasteiger partial charge in [0.05, 0.1) is 12.9 Å². The number of benzene rings is 1. The number of carbonyl (C=O) groups excluding carboxylic acids is 2. The Kier molecular flexibility index (Phi) is 6.43. The number of nitrogens with zero attached hydrogens (tertiary/aromatic N) is 3. The van der Waals surface area contributed by atoms with E-state index in [4.69, 9.17) is 4.74 Å². The average Bonchev–Trinajstić information content (AvgIpc) is 3.38. The highest BCUT2D eigenvalue weighted by atomic mass is 32.2. The van der Waals surface area contributed by atoms with Gasteiger partial charge in [-0.25, -0.2) is 9.97 Å². The standard InChI is InChI=1S/C22H24N4O3S2/c1-13-14(2)31-22-19(13)21(23-12-24-22)30-11-18(27)26-10-4-5-17(26)20(28)25-15-6-8-16(29-3)9-7-15/h6-9,12,17H,4-5,10-11H2,1-3H3,(H,25,28). The maximum atomic E-state index is 13.0. The molecule has 31 heavy (non-hydrogen) atoms. The molecule has 162 valence electrons. The lowest BCUT2D eigenvalue weighted by Crippen LogP contribution is -2.43. The first-order chi connectivity index (χ1) is 15.0. The predicted octanol–water partition coefficient (Wildman–Crippen LogP) is 4.04. The molecule has 0 radical (unpaired) electrons. The van der Waals surface area contributed by atoms with Crippen molar-refractivity contribution in [2.75, 3.05) is 24.7 Å². The second-order valence-electron chi connectivity index (χ2n) is 7.39. The van der Waals surface area contributed by atoms with Crippen molar-refractivity contribution >= 4 is 50.8 Å². The maximum absolute atomic E-state index is 13.0. The van der Waals surface area contributed by atoms with Gasteiger partial charge in [-0.2, -0.15) is 0 Å². The molecule has 4 rings (SSSR count). The van der Waals surface area contributed by atoms with Gasteiger partial charge in [-0.15, -0.1) is 11.3 Å². The van der Waals surface area contributed by atoms with E-state index in [-0.39, 0.29) is 17.6 Å². The normalized spacial score (nSPS) is 16.0. The van der Waals surface area contributed by atoms with Crippen LogP contribution in [-0.2, 0) is 9.59 Å². The average molecular weight is 457 g/mol. The van der Waals surface area contributed by atoms with E-state index in [1.807, 2.05) is 0 Å². The quantitative estimate of drug-likeness (QED) is 0.445. The summed E-state index contributed by atoms with van der Waals surface area (Å²) in [4.78, 5) is 38.4. The summed E-state index contributed by atoms with van der Waals surface area (Å²) < 4.78 is 5.14. The summed E-state index contributed by atoms with van der Waals surface area (Å²) >= 11 is 3.05. The number of aryl methyl sites for hydroxylation is 2. The molecule has 9 heteroatoms. The Hall–Kier alpha value is -2.65. The van der Waals surface area contributed by atoms with Crippen molar-refractivity contribution in [2.24, 2.45) is 0 Å². The van der Waals surface area contributed by atoms with Crippen LogP contribution < -0.4 is 10.1 Å². The molecule has 0 spiro atoms. The van der Waals surface area contributed by atoms with Crippen molar-refractivity contribution in [3.63, 3.8) is 0 Å². The van der Waals surface area contributed by atoms with Crippen LogP contribution in [-0.4, -0.2) is 52.1 Å². The van der Waals surface area contributed by atoms with E-state index in [2.05, 4.69) is 29.1 Å². The molecule has 0 aliphatic carbocycles. The van der Waals surface area contributed by atoms with Crippen LogP contribution in [0.3, 0.4) is 0 Å². The van der Waals surface area contributed by atoms with Gasteiger partial charge >= 0.3 is 0 Å². The fourth-order valence-corrected chi connectivity index (χ4v) is 5.71. The van der Waals surface area contributed by atoms with Crippen LogP contribution in [0.15, 0.2) is 35.6 Å². The number of ether oxygens (including phenoxy) is 1. The Morgan fingerprint density at radius 1 is 1.26 bits per heavy atom. The lowest BCUT2D eigenvalue weighted by molar-refractivity contribution is -0.134. The molecule has 1 fully saturated rings. The SMILES string of the molecule is COc1ccc(NC(=O)C2CCCN2C(=O)CSc2ncnc3sc(C)c(C)c23)cc1. The second-order valence-corrected chi connectivity index (χ2v) is 9.56. The summed E-state index contributed by atoms with van der Waals surface area (Å²) in [6, 6.07) is 6.71. The van der Waals surface area contributed by atoms with Crippen LogP contribution in [0.2, 0.25) is 0 Å². The molecule has 1 saturated heterocycles. The molecular formula is C22H24N4O3S2. The Labute approximate surface area is 189 Å². The molecule has 3 heterocycles. The maximum Gasteiger partial charge on any atom is 0.247 e. The molecule has 3 aromatic rings. The number of methoxy groups -OCH3 is 1. The number of thioether (sulfide) groups is 1. The van der Waals surface area contributed by atoms with Gasteiger partial charge in [0.15, 0.2) is 0 Å². The van der Waals surface area contributed by atoms with Crippen LogP contribution in [0.1, 0.15) is 23.3 Å². The second kappa shape index (κ2) is 9.23. The summed E-state index contributed by atoms with van der Waals surface area (Å²) in [6.45, 7) is 4.72. The molecule has 2 aromatic heterocycles. The monoisotopic (exact) mass is 456 g/mol. The summed E-state index contributed by atoms with van der Waals surface area (Å²) in [5.74, 6) is 0.762. The molecule has 1 aliphatic rings. The fraction of sp³-hybridized carbons (Fsp3) is 0.364. The number of amides is 2. The van der Waals surface area contributed by atoms with Crippen molar-refractivity contribution in [3.8, 4) is 5.75 Å². The molecule has 1 atom stereocenters. The zero-order chi connectivity index (χ0) is 22.0. The van der Waals surface area contributed by atoms with E-state index >= 15 is 0 Å². The minimum absolute atomic E-state index is 0.0475. The summed E-state index contributed by atoms with van der Waals surface area (Å²) in [5.41, 5.74) is 1.85. The van der Waals surface area contributed by atoms with Crippen molar-refractivity contribution in [3.05, 3.63) is 41.0 Å². The van der Waals surface area contributed by atoms with Crippen molar-refractivity contribution in [1.29, 1.82) is 0 Å². The first-order valence-electron chi connectivity index (χ1n) is 10.1. The highest BCUT2D eigenvalue weighted by molar-refractivity contribution is 8.00. The Morgan fingerprint density at radius 2 is 2.03 bits per heavy atom. The van der Waals surface area contributed by atoms with Crippen LogP contribution >= 0.6 is 23.1 Å². The Balaban J connectivity index is 1.41. The van der Waals surface area contributed by atoms with E-state index in [1.54, 1.807) is 53.9 Å². The number of nitrogens with one attached hydrogen (secondary N) is 1. The number of fused-ring (bicyclic) bond motifs is 1. The van der Waals surface area contributed by atoms with Crippen molar-refractivity contribution in [2.45, 2.75) is 37.8 Å². The third-order valence-electron chi connectivity index (χ3n) is 5.50. The minimum atomic E-state index is -0.453. The molecule has 1 N–H and O–H groups in total. The van der Waals surface area contributed by atoms with E-state index in [1.165, 1.54) is 16.6 Å². The van der Waals surface area contributed by atoms with Crippen LogP contribution in [0, 0.1) is 13.8 Å². The minimum Gasteiger partial charge on any atom is -0.497 e. The largest absolute Gasteiger partial charge is 0.497 e. The first-order valence-corrected chi connectivity index (χ1v) is 11.9. The van der Waals surface area contributed by atoms with E-state index in [9.17, 15) is 9.59 Å². The topological polar surface area (TPSA) is 84.4 Å². The lowest BCUT2D eigenvalue weighted by atomic mass is 10.2. The number of thiophene rings is 1. The van der Waals surface area contributed by atoms with Gasteiger partial charge in [-0.3, -0.25) is 9.59 Å². The number of carbonyl (C=O) groups is 2. The van der Waals surface area contributed by atoms with E-state index in [0.717, 1.165) is 33.0 Å². The van der Waals surface area contributed by atoms with Gasteiger partial charge in [0, 0.05) is 22.5 Å². The fourth-order valence-electron chi connectivity index (χ4n) is 3.71. The van der Waals surface area contributed by atoms with Crippen molar-refractivity contribution < 1.29 is 14.3 Å². The molecule has 2 amide bonds. The van der Waals surface area contributed by atoms with E-state index < -0.39 is 6.04 Å². The number of hydrogen-bond acceptors (Lipinski definition) is 7. The number of rotatable bonds is 6. The molecule has 1 aliphatic heterocycles. The van der Waals surface area contributed by atoms with Crippen LogP contribution in [0.25, 0.3) is 10.2 Å². The van der Waals surface area contributed by atoms with Crippen molar-refractivity contribution in [1.82, 2.24) is 14.9 Å². The van der Waals surface area contributed by atoms with Gasteiger partial charge in [0.1, 0.15) is 28.0 Å². The molecule has 7 nitrogen and oxygen atoms in total. The Morgan fingerprint density at radius 3 is 2.77 bits per heavy atom. The molecule has 1 aromatic carbocycles. The summed E-state index contributed by atoms with van der Waals surface area (Å²) in [6.07, 6.45) is 3.03. The number of anilines is 1. The number of likely N-dealkylation sites (tertiary alicyclic amines) is 1. The molecule has 1 unspecified atom stereocenters. The Bertz CT molecular complexity index is 1110. The highest BCUT2D eigenvalue weighted by Gasteiger charge is 2.34. The van der Waals surface area contributed by atoms with Crippen LogP contribution in [0.5, 0.6) is 5.75 Å². The predicted molar refractivity (Wildman–Crippen MR) is 124 cm³/mol. The van der Waals surface area contributed by atoms with Gasteiger partial charge < -0.3 is 15.0 Å². The van der Waals surface area contributed by atoms with E-state index in [0.29, 0.717) is 18.7 Å². The zero-order valence-electron chi connectivity index (χ0n) is 17.7. The summed E-state index contributed by atoms with van der Waals surface area (Å²) in [5, 5.41) is 4.76. The number of aromatic nitrogens is 2. The zero-order valence-corrected chi connectivity index (χ0v) is 19.3. The highest BCUT2D eigenvalue weighted by Crippen LogP contribution is 2.34. The smallest absolute Gasteiger partial charge is 0.247 e. The number of hydrogen-bond donors (Lipinski definition) is 1. The molecule has 0 bridgehead atoms. The summed E-state index contributed by atoms with van der Waals surface area (Å²) in [7, 11) is 1.60. The third kappa shape index (κ3) is 4.52. The first kappa shape index (κ1) is 21.6.